The molecule has 28 heavy (non-hydrogen) atoms. The first-order valence-corrected chi connectivity index (χ1v) is 10.4. The van der Waals surface area contributed by atoms with Crippen LogP contribution >= 0.6 is 11.6 Å². The number of aliphatic carboxylic acids is 1. The van der Waals surface area contributed by atoms with Crippen molar-refractivity contribution in [2.45, 2.75) is 62.8 Å². The second-order valence-corrected chi connectivity index (χ2v) is 8.23. The fourth-order valence-corrected chi connectivity index (χ4v) is 4.73. The third-order valence-electron chi connectivity index (χ3n) is 5.73. The molecule has 0 saturated heterocycles. The topological polar surface area (TPSA) is 83.8 Å². The molecule has 0 radical (unpaired) electrons. The molecule has 0 spiro atoms. The van der Waals surface area contributed by atoms with Gasteiger partial charge in [0.15, 0.2) is 0 Å². The molecule has 0 bridgehead atoms. The normalized spacial score (nSPS) is 26.5. The van der Waals surface area contributed by atoms with Gasteiger partial charge in [0.25, 0.3) is 0 Å². The number of carboxylic acids is 1. The predicted octanol–water partition coefficient (Wildman–Crippen LogP) is 3.89. The van der Waals surface area contributed by atoms with E-state index >= 15 is 0 Å². The van der Waals surface area contributed by atoms with Crippen molar-refractivity contribution in [2.24, 2.45) is 11.8 Å². The largest absolute Gasteiger partial charge is 0.481 e. The highest BCUT2D eigenvalue weighted by molar-refractivity contribution is 6.21. The summed E-state index contributed by atoms with van der Waals surface area (Å²) in [5.74, 6) is -1.46. The molecule has 4 atom stereocenters. The van der Waals surface area contributed by atoms with Crippen LogP contribution in [-0.2, 0) is 22.4 Å². The van der Waals surface area contributed by atoms with E-state index < -0.39 is 24.0 Å². The zero-order valence-electron chi connectivity index (χ0n) is 15.9. The van der Waals surface area contributed by atoms with Gasteiger partial charge in [-0.05, 0) is 68.1 Å². The number of carboxylic acid groups (broad SMARTS) is 1. The molecule has 0 aliphatic heterocycles. The molecule has 5 nitrogen and oxygen atoms in total. The number of fused-ring (bicyclic) bond motifs is 1. The molecule has 1 fully saturated rings. The van der Waals surface area contributed by atoms with Crippen LogP contribution in [0.5, 0.6) is 5.75 Å². The molecule has 1 saturated carbocycles. The van der Waals surface area contributed by atoms with Gasteiger partial charge in [-0.25, -0.2) is 0 Å². The summed E-state index contributed by atoms with van der Waals surface area (Å²) in [6, 6.07) is 5.79. The molecule has 3 rings (SSSR count). The summed E-state index contributed by atoms with van der Waals surface area (Å²) in [5.41, 5.74) is 2.33. The standard InChI is InChI=1S/C22H27ClO5/c23-17-13-18(24)21(16(17)9-3-1-2-4-12-20(25)26)22(27)28-19-11-6-8-14-7-5-10-15(14)19/h1,3,6,8,11,16-18,21,24H,2,4-5,7,9-10,12-13H2,(H,25,26)/b3-1-/t16-,17+,18+,21-/m0/s1. The average Bonchev–Trinajstić information content (AvgIpc) is 3.22. The summed E-state index contributed by atoms with van der Waals surface area (Å²) in [5, 5.41) is 18.8. The van der Waals surface area contributed by atoms with Gasteiger partial charge in [0.2, 0.25) is 0 Å². The summed E-state index contributed by atoms with van der Waals surface area (Å²) < 4.78 is 5.71. The van der Waals surface area contributed by atoms with Gasteiger partial charge in [-0.1, -0.05) is 24.3 Å². The van der Waals surface area contributed by atoms with Gasteiger partial charge in [-0.3, -0.25) is 9.59 Å². The van der Waals surface area contributed by atoms with E-state index in [4.69, 9.17) is 21.4 Å². The summed E-state index contributed by atoms with van der Waals surface area (Å²) >= 11 is 6.41. The summed E-state index contributed by atoms with van der Waals surface area (Å²) in [6.07, 6.45) is 8.33. The molecule has 6 heteroatoms. The smallest absolute Gasteiger partial charge is 0.317 e. The van der Waals surface area contributed by atoms with Crippen molar-refractivity contribution in [1.29, 1.82) is 0 Å². The van der Waals surface area contributed by atoms with E-state index in [-0.39, 0.29) is 17.7 Å². The van der Waals surface area contributed by atoms with Gasteiger partial charge in [0, 0.05) is 11.8 Å². The Morgan fingerprint density at radius 3 is 2.86 bits per heavy atom. The predicted molar refractivity (Wildman–Crippen MR) is 107 cm³/mol. The van der Waals surface area contributed by atoms with Gasteiger partial charge in [0.1, 0.15) is 5.75 Å². The number of aliphatic hydroxyl groups excluding tert-OH is 1. The maximum absolute atomic E-state index is 12.9. The molecule has 0 unspecified atom stereocenters. The van der Waals surface area contributed by atoms with E-state index in [0.29, 0.717) is 31.4 Å². The quantitative estimate of drug-likeness (QED) is 0.225. The van der Waals surface area contributed by atoms with Crippen molar-refractivity contribution in [3.63, 3.8) is 0 Å². The first-order chi connectivity index (χ1) is 13.5. The van der Waals surface area contributed by atoms with Crippen molar-refractivity contribution in [1.82, 2.24) is 0 Å². The Hall–Kier alpha value is -1.85. The molecule has 2 aliphatic rings. The minimum absolute atomic E-state index is 0.140. The number of hydrogen-bond donors (Lipinski definition) is 2. The number of allylic oxidation sites excluding steroid dienone is 2. The number of halogens is 1. The van der Waals surface area contributed by atoms with E-state index in [1.807, 2.05) is 24.3 Å². The monoisotopic (exact) mass is 406 g/mol. The van der Waals surface area contributed by atoms with Gasteiger partial charge in [0.05, 0.1) is 12.0 Å². The molecular weight excluding hydrogens is 380 g/mol. The molecule has 152 valence electrons. The third kappa shape index (κ3) is 4.95. The number of carbonyl (C=O) groups excluding carboxylic acids is 1. The maximum Gasteiger partial charge on any atom is 0.317 e. The first-order valence-electron chi connectivity index (χ1n) is 9.98. The number of unbranched alkanes of at least 4 members (excludes halogenated alkanes) is 1. The Morgan fingerprint density at radius 1 is 1.25 bits per heavy atom. The van der Waals surface area contributed by atoms with Gasteiger partial charge in [-0.2, -0.15) is 0 Å². The Morgan fingerprint density at radius 2 is 2.07 bits per heavy atom. The van der Waals surface area contributed by atoms with Gasteiger partial charge in [-0.15, -0.1) is 11.6 Å². The van der Waals surface area contributed by atoms with Crippen molar-refractivity contribution in [3.8, 4) is 5.75 Å². The first kappa shape index (κ1) is 20.9. The van der Waals surface area contributed by atoms with Crippen LogP contribution in [-0.4, -0.2) is 33.6 Å². The van der Waals surface area contributed by atoms with E-state index in [0.717, 1.165) is 24.8 Å². The Kier molecular flexibility index (Phi) is 7.13. The Balaban J connectivity index is 1.61. The molecule has 0 aromatic heterocycles. The zero-order valence-corrected chi connectivity index (χ0v) is 16.6. The van der Waals surface area contributed by atoms with E-state index in [9.17, 15) is 14.7 Å². The fraction of sp³-hybridized carbons (Fsp3) is 0.545. The van der Waals surface area contributed by atoms with Crippen LogP contribution in [0.15, 0.2) is 30.4 Å². The van der Waals surface area contributed by atoms with Crippen LogP contribution in [0.4, 0.5) is 0 Å². The minimum atomic E-state index is -0.808. The number of alkyl halides is 1. The molecule has 1 aromatic carbocycles. The SMILES string of the molecule is O=C(O)CCC/C=C\C[C@@H]1[C@H](C(=O)Oc2cccc3c2CCC3)[C@H](O)C[C@H]1Cl. The lowest BCUT2D eigenvalue weighted by molar-refractivity contribution is -0.143. The van der Waals surface area contributed by atoms with Crippen LogP contribution in [0.25, 0.3) is 0 Å². The Bertz CT molecular complexity index is 744. The fourth-order valence-electron chi connectivity index (χ4n) is 4.29. The number of aliphatic hydroxyl groups is 1. The van der Waals surface area contributed by atoms with Crippen LogP contribution < -0.4 is 4.74 Å². The van der Waals surface area contributed by atoms with Crippen molar-refractivity contribution in [2.75, 3.05) is 0 Å². The van der Waals surface area contributed by atoms with E-state index in [2.05, 4.69) is 6.07 Å². The highest BCUT2D eigenvalue weighted by Crippen LogP contribution is 2.40. The number of aryl methyl sites for hydroxylation is 1. The van der Waals surface area contributed by atoms with Crippen molar-refractivity contribution in [3.05, 3.63) is 41.5 Å². The number of hydrogen-bond acceptors (Lipinski definition) is 4. The van der Waals surface area contributed by atoms with E-state index in [1.54, 1.807) is 0 Å². The number of esters is 1. The molecule has 0 heterocycles. The molecule has 0 amide bonds. The Labute approximate surface area is 170 Å². The highest BCUT2D eigenvalue weighted by atomic mass is 35.5. The third-order valence-corrected chi connectivity index (χ3v) is 6.23. The number of ether oxygens (including phenoxy) is 1. The lowest BCUT2D eigenvalue weighted by Gasteiger charge is -2.21. The lowest BCUT2D eigenvalue weighted by atomic mass is 9.91. The number of rotatable bonds is 8. The lowest BCUT2D eigenvalue weighted by Crippen LogP contribution is -2.32. The minimum Gasteiger partial charge on any atom is -0.481 e. The second kappa shape index (κ2) is 9.57. The van der Waals surface area contributed by atoms with Crippen LogP contribution in [0.3, 0.4) is 0 Å². The highest BCUT2D eigenvalue weighted by Gasteiger charge is 2.46. The van der Waals surface area contributed by atoms with E-state index in [1.165, 1.54) is 5.56 Å². The van der Waals surface area contributed by atoms with Crippen molar-refractivity contribution >= 4 is 23.5 Å². The maximum atomic E-state index is 12.9. The molecule has 2 N–H and O–H groups in total. The van der Waals surface area contributed by atoms with Crippen molar-refractivity contribution < 1.29 is 24.5 Å². The zero-order chi connectivity index (χ0) is 20.1. The number of benzene rings is 1. The summed E-state index contributed by atoms with van der Waals surface area (Å²) in [6.45, 7) is 0. The summed E-state index contributed by atoms with van der Waals surface area (Å²) in [4.78, 5) is 23.4. The molecule has 1 aromatic rings. The average molecular weight is 407 g/mol. The molecule has 2 aliphatic carbocycles. The van der Waals surface area contributed by atoms with Gasteiger partial charge < -0.3 is 14.9 Å². The van der Waals surface area contributed by atoms with Crippen LogP contribution in [0.2, 0.25) is 0 Å². The number of carbonyl (C=O) groups is 2. The second-order valence-electron chi connectivity index (χ2n) is 7.67. The van der Waals surface area contributed by atoms with Gasteiger partial charge >= 0.3 is 11.9 Å². The summed E-state index contributed by atoms with van der Waals surface area (Å²) in [7, 11) is 0. The molecular formula is C22H27ClO5. The van der Waals surface area contributed by atoms with Crippen LogP contribution in [0, 0.1) is 11.8 Å². The van der Waals surface area contributed by atoms with Crippen LogP contribution in [0.1, 0.15) is 49.7 Å².